The van der Waals surface area contributed by atoms with E-state index >= 15 is 0 Å². The maximum atomic E-state index is 13.0. The molecule has 1 aliphatic carbocycles. The Morgan fingerprint density at radius 2 is 1.73 bits per heavy atom. The number of hydrogen-bond acceptors (Lipinski definition) is 7. The highest BCUT2D eigenvalue weighted by Crippen LogP contribution is 2.27. The van der Waals surface area contributed by atoms with E-state index in [1.54, 1.807) is 19.0 Å². The van der Waals surface area contributed by atoms with Gasteiger partial charge in [0.2, 0.25) is 11.8 Å². The molecule has 1 aromatic heterocycles. The predicted molar refractivity (Wildman–Crippen MR) is 144 cm³/mol. The third-order valence-corrected chi connectivity index (χ3v) is 6.75. The molecule has 0 bridgehead atoms. The van der Waals surface area contributed by atoms with Gasteiger partial charge in [-0.3, -0.25) is 4.79 Å². The van der Waals surface area contributed by atoms with Gasteiger partial charge >= 0.3 is 7.05 Å². The highest BCUT2D eigenvalue weighted by molar-refractivity contribution is 6.45. The molecule has 7 nitrogen and oxygen atoms in total. The van der Waals surface area contributed by atoms with Crippen LogP contribution in [0.25, 0.3) is 0 Å². The van der Waals surface area contributed by atoms with Crippen LogP contribution in [0.5, 0.6) is 11.8 Å². The molecule has 1 atom stereocenters. The maximum Gasteiger partial charge on any atom is 0.376 e. The molecule has 0 amide bonds. The summed E-state index contributed by atoms with van der Waals surface area (Å²) < 4.78 is 11.4. The quantitative estimate of drug-likeness (QED) is 0.270. The normalized spacial score (nSPS) is 13.9. The lowest BCUT2D eigenvalue weighted by atomic mass is 9.81. The molecule has 1 heterocycles. The number of aromatic nitrogens is 1. The van der Waals surface area contributed by atoms with Gasteiger partial charge < -0.3 is 24.4 Å². The molecule has 0 spiro atoms. The lowest BCUT2D eigenvalue weighted by molar-refractivity contribution is 0.0889. The summed E-state index contributed by atoms with van der Waals surface area (Å²) in [6.45, 7) is 4.59. The van der Waals surface area contributed by atoms with E-state index in [0.29, 0.717) is 31.2 Å². The van der Waals surface area contributed by atoms with Crippen molar-refractivity contribution in [3.05, 3.63) is 89.0 Å². The van der Waals surface area contributed by atoms with Crippen LogP contribution in [0.15, 0.2) is 66.7 Å². The number of carbonyl (C=O) groups excluding carboxylic acids is 1. The number of fused-ring (bicyclic) bond motifs is 1. The highest BCUT2D eigenvalue weighted by Gasteiger charge is 2.32. The van der Waals surface area contributed by atoms with Crippen LogP contribution < -0.4 is 9.47 Å². The van der Waals surface area contributed by atoms with Crippen molar-refractivity contribution in [2.75, 3.05) is 13.2 Å². The molecule has 0 saturated carbocycles. The smallest absolute Gasteiger partial charge is 0.376 e. The first-order valence-corrected chi connectivity index (χ1v) is 13.0. The van der Waals surface area contributed by atoms with Gasteiger partial charge in [0.25, 0.3) is 0 Å². The minimum absolute atomic E-state index is 0.125. The molecule has 2 aromatic carbocycles. The Bertz CT molecular complexity index is 1150. The van der Waals surface area contributed by atoms with Crippen molar-refractivity contribution in [2.24, 2.45) is 0 Å². The molecule has 0 aliphatic heterocycles. The van der Waals surface area contributed by atoms with Gasteiger partial charge in [0.05, 0.1) is 18.3 Å². The van der Waals surface area contributed by atoms with Gasteiger partial charge in [0.1, 0.15) is 6.61 Å². The number of benzene rings is 2. The van der Waals surface area contributed by atoms with Crippen molar-refractivity contribution in [3.8, 4) is 11.8 Å². The molecule has 0 saturated heterocycles. The molecule has 0 fully saturated rings. The van der Waals surface area contributed by atoms with Gasteiger partial charge in [-0.25, -0.2) is 0 Å². The number of hydrogen-bond donors (Lipinski definition) is 2. The fraction of sp³-hybridized carbons (Fsp3) is 0.379. The van der Waals surface area contributed by atoms with Crippen LogP contribution in [-0.4, -0.2) is 58.1 Å². The van der Waals surface area contributed by atoms with Crippen molar-refractivity contribution < 1.29 is 24.4 Å². The molecule has 4 rings (SSSR count). The van der Waals surface area contributed by atoms with Crippen LogP contribution in [0, 0.1) is 0 Å². The molecule has 0 unspecified atom stereocenters. The number of ether oxygens (including phenoxy) is 2. The molecular weight excluding hydrogens is 467 g/mol. The Morgan fingerprint density at radius 1 is 1.05 bits per heavy atom. The van der Waals surface area contributed by atoms with E-state index in [9.17, 15) is 14.9 Å². The van der Waals surface area contributed by atoms with Crippen LogP contribution in [0.3, 0.4) is 0 Å². The predicted octanol–water partition coefficient (Wildman–Crippen LogP) is 3.96. The summed E-state index contributed by atoms with van der Waals surface area (Å²) >= 11 is 0. The zero-order valence-corrected chi connectivity index (χ0v) is 21.5. The second-order valence-corrected chi connectivity index (χ2v) is 9.48. The summed E-state index contributed by atoms with van der Waals surface area (Å²) in [7, 11) is -0.693. The summed E-state index contributed by atoms with van der Waals surface area (Å²) in [6, 6.07) is 21.5. The lowest BCUT2D eigenvalue weighted by Crippen LogP contribution is -2.49. The van der Waals surface area contributed by atoms with Gasteiger partial charge in [0.15, 0.2) is 5.78 Å². The van der Waals surface area contributed by atoms with Crippen molar-refractivity contribution in [3.63, 3.8) is 0 Å². The summed E-state index contributed by atoms with van der Waals surface area (Å²) in [4.78, 5) is 19.4. The second kappa shape index (κ2) is 12.9. The van der Waals surface area contributed by atoms with Crippen molar-refractivity contribution in [2.45, 2.75) is 58.2 Å². The van der Waals surface area contributed by atoms with E-state index in [-0.39, 0.29) is 30.5 Å². The van der Waals surface area contributed by atoms with Crippen LogP contribution in [0.1, 0.15) is 46.8 Å². The minimum Gasteiger partial charge on any atom is -0.477 e. The first-order chi connectivity index (χ1) is 17.9. The molecule has 37 heavy (non-hydrogen) atoms. The van der Waals surface area contributed by atoms with Crippen LogP contribution in [-0.2, 0) is 19.4 Å². The number of rotatable bonds is 13. The Morgan fingerprint density at radius 3 is 2.38 bits per heavy atom. The van der Waals surface area contributed by atoms with Gasteiger partial charge in [-0.1, -0.05) is 54.6 Å². The lowest BCUT2D eigenvalue weighted by Gasteiger charge is -2.31. The standard InChI is InChI=1S/C29H35BN2O5/c1-3-36-29-26(14-16-28(31-29)37-20-21-9-5-4-6-10-21)27(34)15-13-25(33)19-32(30(2)35)24-17-22-11-7-8-12-23(22)18-24/h4-12,14,16,24-25,33,35H,3,13,15,17-20H2,1-2H3/t25-/m1/s1. The van der Waals surface area contributed by atoms with Crippen molar-refractivity contribution >= 4 is 12.8 Å². The van der Waals surface area contributed by atoms with E-state index in [1.165, 1.54) is 11.1 Å². The fourth-order valence-electron chi connectivity index (χ4n) is 4.84. The summed E-state index contributed by atoms with van der Waals surface area (Å²) in [6.07, 6.45) is 1.36. The third-order valence-electron chi connectivity index (χ3n) is 6.75. The molecular formula is C29H35BN2O5. The number of ketones is 1. The number of aliphatic hydroxyl groups excluding tert-OH is 1. The average Bonchev–Trinajstić information content (AvgIpc) is 3.34. The van der Waals surface area contributed by atoms with Crippen LogP contribution in [0.2, 0.25) is 6.82 Å². The summed E-state index contributed by atoms with van der Waals surface area (Å²) in [5.74, 6) is 0.470. The van der Waals surface area contributed by atoms with E-state index in [0.717, 1.165) is 18.4 Å². The molecule has 194 valence electrons. The van der Waals surface area contributed by atoms with E-state index in [1.807, 2.05) is 54.2 Å². The minimum atomic E-state index is -0.751. The molecule has 3 aromatic rings. The van der Waals surface area contributed by atoms with Crippen LogP contribution in [0.4, 0.5) is 0 Å². The number of nitrogens with zero attached hydrogens (tertiary/aromatic N) is 2. The average molecular weight is 502 g/mol. The van der Waals surface area contributed by atoms with Crippen molar-refractivity contribution in [1.29, 1.82) is 0 Å². The van der Waals surface area contributed by atoms with Gasteiger partial charge in [0, 0.05) is 25.1 Å². The summed E-state index contributed by atoms with van der Waals surface area (Å²) in [5, 5.41) is 21.2. The van der Waals surface area contributed by atoms with Gasteiger partial charge in [-0.2, -0.15) is 4.98 Å². The second-order valence-electron chi connectivity index (χ2n) is 9.48. The molecule has 8 heteroatoms. The van der Waals surface area contributed by atoms with Gasteiger partial charge in [-0.15, -0.1) is 0 Å². The number of pyridine rings is 1. The Labute approximate surface area is 219 Å². The van der Waals surface area contributed by atoms with E-state index < -0.39 is 13.2 Å². The van der Waals surface area contributed by atoms with E-state index in [2.05, 4.69) is 17.1 Å². The first kappa shape index (κ1) is 26.9. The SMILES string of the molecule is CCOc1nc(OCc2ccccc2)ccc1C(=O)CC[C@@H](O)CN(B(C)O)C1Cc2ccccc2C1. The van der Waals surface area contributed by atoms with E-state index in [4.69, 9.17) is 9.47 Å². The zero-order valence-electron chi connectivity index (χ0n) is 21.5. The fourth-order valence-corrected chi connectivity index (χ4v) is 4.84. The largest absolute Gasteiger partial charge is 0.477 e. The topological polar surface area (TPSA) is 92.1 Å². The number of Topliss-reactive ketones (excluding diaryl/α,β-unsaturated/α-hetero) is 1. The Kier molecular flexibility index (Phi) is 9.33. The Balaban J connectivity index is 1.33. The van der Waals surface area contributed by atoms with Gasteiger partial charge in [-0.05, 0) is 55.8 Å². The zero-order chi connectivity index (χ0) is 26.2. The molecule has 2 N–H and O–H groups in total. The molecule has 1 aliphatic rings. The van der Waals surface area contributed by atoms with Crippen LogP contribution >= 0.6 is 0 Å². The molecule has 0 radical (unpaired) electrons. The highest BCUT2D eigenvalue weighted by atomic mass is 16.5. The monoisotopic (exact) mass is 502 g/mol. The summed E-state index contributed by atoms with van der Waals surface area (Å²) in [5.41, 5.74) is 3.97. The first-order valence-electron chi connectivity index (χ1n) is 13.0. The Hall–Kier alpha value is -3.20. The number of aliphatic hydroxyl groups is 1. The third kappa shape index (κ3) is 7.19. The maximum absolute atomic E-state index is 13.0. The number of carbonyl (C=O) groups is 1. The van der Waals surface area contributed by atoms with Crippen molar-refractivity contribution in [1.82, 2.24) is 9.79 Å².